The molecule has 0 radical (unpaired) electrons. The summed E-state index contributed by atoms with van der Waals surface area (Å²) in [7, 11) is 0. The molecule has 8 heteroatoms. The van der Waals surface area contributed by atoms with Crippen molar-refractivity contribution in [1.29, 1.82) is 0 Å². The minimum Gasteiger partial charge on any atom is -0.481 e. The Morgan fingerprint density at radius 1 is 1.45 bits per heavy atom. The normalized spacial score (nSPS) is 10.4. The number of benzene rings is 1. The van der Waals surface area contributed by atoms with Gasteiger partial charge in [0.1, 0.15) is 0 Å². The quantitative estimate of drug-likeness (QED) is 0.655. The largest absolute Gasteiger partial charge is 0.481 e. The number of non-ortho nitro benzene ring substituents is 1. The number of hydrogen-bond donors (Lipinski definition) is 1. The van der Waals surface area contributed by atoms with E-state index in [2.05, 4.69) is 10.2 Å². The van der Waals surface area contributed by atoms with Crippen LogP contribution in [0.15, 0.2) is 22.6 Å². The monoisotopic (exact) mass is 277 g/mol. The molecule has 0 fully saturated rings. The molecule has 0 unspecified atom stereocenters. The second-order valence-electron chi connectivity index (χ2n) is 4.15. The van der Waals surface area contributed by atoms with Crippen molar-refractivity contribution in [2.75, 3.05) is 0 Å². The molecular weight excluding hydrogens is 266 g/mol. The number of aromatic nitrogens is 2. The van der Waals surface area contributed by atoms with Crippen molar-refractivity contribution in [1.82, 2.24) is 10.2 Å². The zero-order chi connectivity index (χ0) is 14.7. The van der Waals surface area contributed by atoms with E-state index in [4.69, 9.17) is 9.52 Å². The molecule has 8 nitrogen and oxygen atoms in total. The molecular formula is C12H11N3O5. The van der Waals surface area contributed by atoms with E-state index in [0.29, 0.717) is 5.56 Å². The molecule has 0 saturated heterocycles. The molecule has 2 aromatic rings. The average molecular weight is 277 g/mol. The van der Waals surface area contributed by atoms with Gasteiger partial charge in [-0.2, -0.15) is 0 Å². The minimum absolute atomic E-state index is 0.0733. The van der Waals surface area contributed by atoms with Crippen LogP contribution in [-0.4, -0.2) is 26.2 Å². The van der Waals surface area contributed by atoms with Gasteiger partial charge in [-0.15, -0.1) is 10.2 Å². The fraction of sp³-hybridized carbons (Fsp3) is 0.250. The fourth-order valence-electron chi connectivity index (χ4n) is 1.63. The van der Waals surface area contributed by atoms with Crippen molar-refractivity contribution < 1.29 is 19.2 Å². The number of aryl methyl sites for hydroxylation is 2. The molecule has 104 valence electrons. The zero-order valence-electron chi connectivity index (χ0n) is 10.6. The molecule has 0 aliphatic rings. The van der Waals surface area contributed by atoms with Crippen LogP contribution in [0.2, 0.25) is 0 Å². The van der Waals surface area contributed by atoms with Gasteiger partial charge in [-0.05, 0) is 12.5 Å². The van der Waals surface area contributed by atoms with Crippen LogP contribution in [0.4, 0.5) is 5.69 Å². The molecule has 1 aromatic carbocycles. The first-order valence-electron chi connectivity index (χ1n) is 5.77. The van der Waals surface area contributed by atoms with Crippen LogP contribution in [0.1, 0.15) is 17.9 Å². The maximum Gasteiger partial charge on any atom is 0.303 e. The highest BCUT2D eigenvalue weighted by atomic mass is 16.6. The lowest BCUT2D eigenvalue weighted by molar-refractivity contribution is -0.384. The van der Waals surface area contributed by atoms with Gasteiger partial charge in [-0.3, -0.25) is 14.9 Å². The topological polar surface area (TPSA) is 119 Å². The highest BCUT2D eigenvalue weighted by molar-refractivity contribution is 5.67. The van der Waals surface area contributed by atoms with Gasteiger partial charge in [-0.1, -0.05) is 6.07 Å². The lowest BCUT2D eigenvalue weighted by Crippen LogP contribution is -1.97. The summed E-state index contributed by atoms with van der Waals surface area (Å²) >= 11 is 0. The van der Waals surface area contributed by atoms with Crippen molar-refractivity contribution in [2.24, 2.45) is 0 Å². The van der Waals surface area contributed by atoms with Crippen LogP contribution in [0.3, 0.4) is 0 Å². The van der Waals surface area contributed by atoms with Crippen LogP contribution in [0.25, 0.3) is 11.5 Å². The Morgan fingerprint density at radius 2 is 2.20 bits per heavy atom. The standard InChI is InChI=1S/C12H11N3O5/c1-7-2-3-8(15(18)19)6-9(7)12-14-13-10(20-12)4-5-11(16)17/h2-3,6H,4-5H2,1H3,(H,16,17). The average Bonchev–Trinajstić information content (AvgIpc) is 2.85. The molecule has 0 amide bonds. The number of nitrogens with zero attached hydrogens (tertiary/aromatic N) is 3. The Hall–Kier alpha value is -2.77. The highest BCUT2D eigenvalue weighted by Crippen LogP contribution is 2.26. The first-order chi connectivity index (χ1) is 9.47. The second-order valence-corrected chi connectivity index (χ2v) is 4.15. The van der Waals surface area contributed by atoms with Gasteiger partial charge in [0.15, 0.2) is 0 Å². The van der Waals surface area contributed by atoms with Crippen LogP contribution in [0, 0.1) is 17.0 Å². The van der Waals surface area contributed by atoms with Crippen LogP contribution < -0.4 is 0 Å². The number of nitro benzene ring substituents is 1. The number of hydrogen-bond acceptors (Lipinski definition) is 6. The van der Waals surface area contributed by atoms with Crippen molar-refractivity contribution in [2.45, 2.75) is 19.8 Å². The fourth-order valence-corrected chi connectivity index (χ4v) is 1.63. The molecule has 1 N–H and O–H groups in total. The summed E-state index contributed by atoms with van der Waals surface area (Å²) in [4.78, 5) is 20.7. The summed E-state index contributed by atoms with van der Waals surface area (Å²) in [6.45, 7) is 1.76. The van der Waals surface area contributed by atoms with E-state index in [-0.39, 0.29) is 30.3 Å². The van der Waals surface area contributed by atoms with Gasteiger partial charge in [-0.25, -0.2) is 0 Å². The lowest BCUT2D eigenvalue weighted by atomic mass is 10.1. The Labute approximate surface area is 113 Å². The molecule has 0 saturated carbocycles. The number of carboxylic acid groups (broad SMARTS) is 1. The summed E-state index contributed by atoms with van der Waals surface area (Å²) in [6.07, 6.45) is 0.00581. The van der Waals surface area contributed by atoms with Gasteiger partial charge < -0.3 is 9.52 Å². The molecule has 1 heterocycles. The Bertz CT molecular complexity index is 665. The number of carboxylic acids is 1. The molecule has 0 atom stereocenters. The second kappa shape index (κ2) is 5.47. The van der Waals surface area contributed by atoms with Crippen molar-refractivity contribution in [3.8, 4) is 11.5 Å². The van der Waals surface area contributed by atoms with Crippen molar-refractivity contribution in [3.05, 3.63) is 39.8 Å². The summed E-state index contributed by atoms with van der Waals surface area (Å²) in [5.74, 6) is -0.629. The third-order valence-corrected chi connectivity index (χ3v) is 2.68. The molecule has 0 bridgehead atoms. The predicted octanol–water partition coefficient (Wildman–Crippen LogP) is 1.97. The molecule has 2 rings (SSSR count). The van der Waals surface area contributed by atoms with E-state index in [1.807, 2.05) is 0 Å². The SMILES string of the molecule is Cc1ccc([N+](=O)[O-])cc1-c1nnc(CCC(=O)O)o1. The Morgan fingerprint density at radius 3 is 2.85 bits per heavy atom. The van der Waals surface area contributed by atoms with E-state index in [9.17, 15) is 14.9 Å². The maximum absolute atomic E-state index is 10.8. The van der Waals surface area contributed by atoms with E-state index >= 15 is 0 Å². The first kappa shape index (κ1) is 13.7. The summed E-state index contributed by atoms with van der Waals surface area (Å²) in [6, 6.07) is 4.33. The van der Waals surface area contributed by atoms with E-state index in [1.165, 1.54) is 12.1 Å². The van der Waals surface area contributed by atoms with E-state index < -0.39 is 10.9 Å². The number of carbonyl (C=O) groups is 1. The minimum atomic E-state index is -0.962. The summed E-state index contributed by atoms with van der Waals surface area (Å²) in [5, 5.41) is 26.9. The number of rotatable bonds is 5. The van der Waals surface area contributed by atoms with Gasteiger partial charge >= 0.3 is 5.97 Å². The smallest absolute Gasteiger partial charge is 0.303 e. The molecule has 0 aliphatic heterocycles. The third-order valence-electron chi connectivity index (χ3n) is 2.68. The van der Waals surface area contributed by atoms with Gasteiger partial charge in [0.2, 0.25) is 11.8 Å². The highest BCUT2D eigenvalue weighted by Gasteiger charge is 2.15. The van der Waals surface area contributed by atoms with Crippen molar-refractivity contribution >= 4 is 11.7 Å². The van der Waals surface area contributed by atoms with Crippen LogP contribution in [0.5, 0.6) is 0 Å². The molecule has 0 spiro atoms. The molecule has 20 heavy (non-hydrogen) atoms. The first-order valence-corrected chi connectivity index (χ1v) is 5.77. The van der Waals surface area contributed by atoms with Gasteiger partial charge in [0, 0.05) is 24.1 Å². The Balaban J connectivity index is 2.29. The van der Waals surface area contributed by atoms with Crippen LogP contribution in [-0.2, 0) is 11.2 Å². The van der Waals surface area contributed by atoms with Gasteiger partial charge in [0.25, 0.3) is 5.69 Å². The summed E-state index contributed by atoms with van der Waals surface area (Å²) in [5.41, 5.74) is 1.15. The maximum atomic E-state index is 10.8. The third kappa shape index (κ3) is 2.97. The Kier molecular flexibility index (Phi) is 3.74. The van der Waals surface area contributed by atoms with E-state index in [0.717, 1.165) is 5.56 Å². The zero-order valence-corrected chi connectivity index (χ0v) is 10.6. The molecule has 0 aliphatic carbocycles. The number of nitro groups is 1. The van der Waals surface area contributed by atoms with Crippen molar-refractivity contribution in [3.63, 3.8) is 0 Å². The van der Waals surface area contributed by atoms with Gasteiger partial charge in [0.05, 0.1) is 11.3 Å². The predicted molar refractivity (Wildman–Crippen MR) is 67.1 cm³/mol. The summed E-state index contributed by atoms with van der Waals surface area (Å²) < 4.78 is 5.33. The van der Waals surface area contributed by atoms with E-state index in [1.54, 1.807) is 13.0 Å². The van der Waals surface area contributed by atoms with Crippen LogP contribution >= 0.6 is 0 Å². The molecule has 1 aromatic heterocycles. The number of aliphatic carboxylic acids is 1. The lowest BCUT2D eigenvalue weighted by Gasteiger charge is -2.00.